The molecule has 0 amide bonds. The highest BCUT2D eigenvalue weighted by atomic mass is 16.6. The first-order valence-electron chi connectivity index (χ1n) is 7.64. The first kappa shape index (κ1) is 14.4. The lowest BCUT2D eigenvalue weighted by molar-refractivity contribution is -0.145. The van der Waals surface area contributed by atoms with Crippen molar-refractivity contribution in [1.82, 2.24) is 9.55 Å². The average Bonchev–Trinajstić information content (AvgIpc) is 3.16. The fraction of sp³-hybridized carbons (Fsp3) is 0.167. The van der Waals surface area contributed by atoms with Crippen LogP contribution in [0.15, 0.2) is 42.6 Å². The topological polar surface area (TPSA) is 70.4 Å². The summed E-state index contributed by atoms with van der Waals surface area (Å²) in [6.45, 7) is 1.76. The third-order valence-corrected chi connectivity index (χ3v) is 3.91. The number of pyridine rings is 1. The van der Waals surface area contributed by atoms with Gasteiger partial charge in [0.25, 0.3) is 5.91 Å². The minimum atomic E-state index is -0.475. The second-order valence-corrected chi connectivity index (χ2v) is 5.34. The largest absolute Gasteiger partial charge is 0.480 e. The van der Waals surface area contributed by atoms with Gasteiger partial charge >= 0.3 is 5.97 Å². The van der Waals surface area contributed by atoms with Crippen LogP contribution in [-0.4, -0.2) is 34.6 Å². The third-order valence-electron chi connectivity index (χ3n) is 3.91. The number of carbonyl (C=O) groups is 2. The van der Waals surface area contributed by atoms with Gasteiger partial charge in [0.15, 0.2) is 6.61 Å². The zero-order valence-corrected chi connectivity index (χ0v) is 13.0. The number of aromatic nitrogens is 2. The quantitative estimate of drug-likeness (QED) is 0.540. The highest BCUT2D eigenvalue weighted by Gasteiger charge is 2.32. The van der Waals surface area contributed by atoms with Gasteiger partial charge in [-0.2, -0.15) is 0 Å². The summed E-state index contributed by atoms with van der Waals surface area (Å²) in [5.74, 6) is -0.309. The van der Waals surface area contributed by atoms with Gasteiger partial charge < -0.3 is 9.47 Å². The molecule has 24 heavy (non-hydrogen) atoms. The SMILES string of the molecule is CCOC(=O)COc1c2c(nc3ccccc13)-c1cccn1C2=O. The molecule has 1 aliphatic rings. The molecule has 120 valence electrons. The molecule has 0 N–H and O–H groups in total. The molecule has 0 radical (unpaired) electrons. The van der Waals surface area contributed by atoms with Crippen molar-refractivity contribution >= 4 is 22.8 Å². The van der Waals surface area contributed by atoms with Crippen LogP contribution in [0.25, 0.3) is 22.3 Å². The van der Waals surface area contributed by atoms with Crippen LogP contribution in [0, 0.1) is 0 Å². The van der Waals surface area contributed by atoms with Crippen LogP contribution < -0.4 is 4.74 Å². The second-order valence-electron chi connectivity index (χ2n) is 5.34. The summed E-state index contributed by atoms with van der Waals surface area (Å²) in [4.78, 5) is 29.0. The van der Waals surface area contributed by atoms with Gasteiger partial charge in [-0.3, -0.25) is 9.36 Å². The Morgan fingerprint density at radius 1 is 1.21 bits per heavy atom. The van der Waals surface area contributed by atoms with E-state index in [1.807, 2.05) is 30.3 Å². The Kier molecular flexibility index (Phi) is 3.30. The molecule has 3 heterocycles. The number of nitrogens with zero attached hydrogens (tertiary/aromatic N) is 2. The molecular formula is C18H14N2O4. The number of carbonyl (C=O) groups excluding carboxylic acids is 2. The smallest absolute Gasteiger partial charge is 0.344 e. The number of rotatable bonds is 4. The van der Waals surface area contributed by atoms with Crippen molar-refractivity contribution in [2.24, 2.45) is 0 Å². The van der Waals surface area contributed by atoms with E-state index in [-0.39, 0.29) is 19.1 Å². The zero-order valence-electron chi connectivity index (χ0n) is 13.0. The fourth-order valence-corrected chi connectivity index (χ4v) is 2.92. The van der Waals surface area contributed by atoms with Crippen LogP contribution in [0.5, 0.6) is 5.75 Å². The summed E-state index contributed by atoms with van der Waals surface area (Å²) in [5, 5.41) is 0.694. The van der Waals surface area contributed by atoms with E-state index in [0.29, 0.717) is 27.9 Å². The molecule has 3 aromatic rings. The van der Waals surface area contributed by atoms with Gasteiger partial charge in [-0.25, -0.2) is 9.78 Å². The molecule has 0 fully saturated rings. The van der Waals surface area contributed by atoms with Crippen LogP contribution in [-0.2, 0) is 9.53 Å². The van der Waals surface area contributed by atoms with Gasteiger partial charge in [0.1, 0.15) is 17.0 Å². The maximum Gasteiger partial charge on any atom is 0.344 e. The predicted molar refractivity (Wildman–Crippen MR) is 87.0 cm³/mol. The fourth-order valence-electron chi connectivity index (χ4n) is 2.92. The van der Waals surface area contributed by atoms with Gasteiger partial charge in [-0.15, -0.1) is 0 Å². The first-order chi connectivity index (χ1) is 11.7. The summed E-state index contributed by atoms with van der Waals surface area (Å²) in [6, 6.07) is 11.0. The van der Waals surface area contributed by atoms with E-state index in [2.05, 4.69) is 4.98 Å². The van der Waals surface area contributed by atoms with E-state index in [1.165, 1.54) is 4.57 Å². The molecule has 0 saturated carbocycles. The van der Waals surface area contributed by atoms with Crippen molar-refractivity contribution in [3.8, 4) is 17.1 Å². The van der Waals surface area contributed by atoms with E-state index >= 15 is 0 Å². The molecule has 0 saturated heterocycles. The summed E-state index contributed by atoms with van der Waals surface area (Å²) in [6.07, 6.45) is 1.69. The summed E-state index contributed by atoms with van der Waals surface area (Å²) < 4.78 is 12.1. The van der Waals surface area contributed by atoms with Gasteiger partial charge in [-0.05, 0) is 31.2 Å². The normalized spacial score (nSPS) is 12.1. The van der Waals surface area contributed by atoms with E-state index in [9.17, 15) is 9.59 Å². The van der Waals surface area contributed by atoms with Crippen molar-refractivity contribution in [3.05, 3.63) is 48.2 Å². The number of fused-ring (bicyclic) bond motifs is 4. The molecule has 0 unspecified atom stereocenters. The van der Waals surface area contributed by atoms with Crippen molar-refractivity contribution in [2.75, 3.05) is 13.2 Å². The number of benzene rings is 1. The van der Waals surface area contributed by atoms with E-state index in [1.54, 1.807) is 19.2 Å². The minimum Gasteiger partial charge on any atom is -0.480 e. The molecule has 0 spiro atoms. The molecule has 6 heteroatoms. The molecular weight excluding hydrogens is 308 g/mol. The van der Waals surface area contributed by atoms with Crippen LogP contribution in [0.3, 0.4) is 0 Å². The second kappa shape index (κ2) is 5.49. The van der Waals surface area contributed by atoms with Crippen molar-refractivity contribution in [1.29, 1.82) is 0 Å². The minimum absolute atomic E-state index is 0.206. The Labute approximate surface area is 137 Å². The molecule has 1 aromatic carbocycles. The van der Waals surface area contributed by atoms with Gasteiger partial charge in [0, 0.05) is 11.6 Å². The maximum atomic E-state index is 12.7. The summed E-state index contributed by atoms with van der Waals surface area (Å²) in [5.41, 5.74) is 2.38. The van der Waals surface area contributed by atoms with Crippen LogP contribution in [0.1, 0.15) is 17.3 Å². The van der Waals surface area contributed by atoms with Crippen molar-refractivity contribution in [2.45, 2.75) is 6.92 Å². The van der Waals surface area contributed by atoms with Gasteiger partial charge in [-0.1, -0.05) is 12.1 Å². The Balaban J connectivity index is 1.88. The Hall–Kier alpha value is -3.15. The van der Waals surface area contributed by atoms with Crippen molar-refractivity contribution in [3.63, 3.8) is 0 Å². The van der Waals surface area contributed by atoms with Crippen LogP contribution in [0.2, 0.25) is 0 Å². The predicted octanol–water partition coefficient (Wildman–Crippen LogP) is 2.65. The summed E-state index contributed by atoms with van der Waals surface area (Å²) in [7, 11) is 0. The molecule has 2 aromatic heterocycles. The number of hydrogen-bond acceptors (Lipinski definition) is 5. The molecule has 0 atom stereocenters. The monoisotopic (exact) mass is 322 g/mol. The van der Waals surface area contributed by atoms with E-state index in [4.69, 9.17) is 9.47 Å². The molecule has 6 nitrogen and oxygen atoms in total. The Bertz CT molecular complexity index is 974. The van der Waals surface area contributed by atoms with E-state index in [0.717, 1.165) is 5.69 Å². The molecule has 1 aliphatic heterocycles. The van der Waals surface area contributed by atoms with Gasteiger partial charge in [0.2, 0.25) is 0 Å². The van der Waals surface area contributed by atoms with Gasteiger partial charge in [0.05, 0.1) is 17.8 Å². The lowest BCUT2D eigenvalue weighted by Crippen LogP contribution is -2.16. The lowest BCUT2D eigenvalue weighted by atomic mass is 10.1. The number of ether oxygens (including phenoxy) is 2. The van der Waals surface area contributed by atoms with Crippen molar-refractivity contribution < 1.29 is 19.1 Å². The van der Waals surface area contributed by atoms with Crippen LogP contribution >= 0.6 is 0 Å². The lowest BCUT2D eigenvalue weighted by Gasteiger charge is -2.12. The Morgan fingerprint density at radius 3 is 2.88 bits per heavy atom. The molecule has 0 aliphatic carbocycles. The number of hydrogen-bond donors (Lipinski definition) is 0. The maximum absolute atomic E-state index is 12.7. The molecule has 4 rings (SSSR count). The average molecular weight is 322 g/mol. The standard InChI is InChI=1S/C18H14N2O4/c1-2-23-14(21)10-24-17-11-6-3-4-7-12(11)19-16-13-8-5-9-20(13)18(22)15(16)17/h3-9H,2,10H2,1H3. The van der Waals surface area contributed by atoms with E-state index < -0.39 is 5.97 Å². The highest BCUT2D eigenvalue weighted by molar-refractivity contribution is 6.13. The number of para-hydroxylation sites is 1. The molecule has 0 bridgehead atoms. The zero-order chi connectivity index (χ0) is 16.7. The Morgan fingerprint density at radius 2 is 2.04 bits per heavy atom. The highest BCUT2D eigenvalue weighted by Crippen LogP contribution is 2.40. The third kappa shape index (κ3) is 2.07. The summed E-state index contributed by atoms with van der Waals surface area (Å²) >= 11 is 0. The van der Waals surface area contributed by atoms with Crippen LogP contribution in [0.4, 0.5) is 0 Å². The number of esters is 1. The first-order valence-corrected chi connectivity index (χ1v) is 7.64.